The van der Waals surface area contributed by atoms with Crippen LogP contribution in [0.2, 0.25) is 0 Å². The zero-order chi connectivity index (χ0) is 14.5. The van der Waals surface area contributed by atoms with Gasteiger partial charge in [-0.25, -0.2) is 0 Å². The standard InChI is InChI=1S/C16H24O4/c1-4-19-10-11(2)20-15-8-5-12-9-13(18-3)6-7-14(12)16(15)17/h6-7,9,11,15-17H,4-5,8,10H2,1-3H3. The summed E-state index contributed by atoms with van der Waals surface area (Å²) >= 11 is 0. The number of benzene rings is 1. The van der Waals surface area contributed by atoms with Gasteiger partial charge in [0.25, 0.3) is 0 Å². The molecule has 1 aliphatic rings. The van der Waals surface area contributed by atoms with Crippen molar-refractivity contribution in [1.82, 2.24) is 0 Å². The summed E-state index contributed by atoms with van der Waals surface area (Å²) in [6, 6.07) is 5.81. The summed E-state index contributed by atoms with van der Waals surface area (Å²) in [5.74, 6) is 0.833. The van der Waals surface area contributed by atoms with Crippen LogP contribution in [0.5, 0.6) is 5.75 Å². The third-order valence-corrected chi connectivity index (χ3v) is 3.68. The molecule has 20 heavy (non-hydrogen) atoms. The van der Waals surface area contributed by atoms with Gasteiger partial charge in [0.2, 0.25) is 0 Å². The molecule has 1 N–H and O–H groups in total. The quantitative estimate of drug-likeness (QED) is 0.869. The van der Waals surface area contributed by atoms with Crippen molar-refractivity contribution in [2.24, 2.45) is 0 Å². The predicted molar refractivity (Wildman–Crippen MR) is 77.1 cm³/mol. The Labute approximate surface area is 120 Å². The number of rotatable bonds is 6. The van der Waals surface area contributed by atoms with Crippen LogP contribution < -0.4 is 4.74 Å². The van der Waals surface area contributed by atoms with Crippen LogP contribution in [-0.2, 0) is 15.9 Å². The van der Waals surface area contributed by atoms with Gasteiger partial charge in [-0.1, -0.05) is 6.07 Å². The lowest BCUT2D eigenvalue weighted by Gasteiger charge is -2.32. The Morgan fingerprint density at radius 3 is 2.90 bits per heavy atom. The minimum atomic E-state index is -0.575. The Hall–Kier alpha value is -1.10. The van der Waals surface area contributed by atoms with E-state index in [0.717, 1.165) is 29.7 Å². The van der Waals surface area contributed by atoms with E-state index in [-0.39, 0.29) is 12.2 Å². The maximum absolute atomic E-state index is 10.5. The first-order valence-electron chi connectivity index (χ1n) is 7.23. The molecule has 4 nitrogen and oxygen atoms in total. The molecule has 0 radical (unpaired) electrons. The van der Waals surface area contributed by atoms with Gasteiger partial charge in [-0.15, -0.1) is 0 Å². The monoisotopic (exact) mass is 280 g/mol. The average molecular weight is 280 g/mol. The summed E-state index contributed by atoms with van der Waals surface area (Å²) in [4.78, 5) is 0. The van der Waals surface area contributed by atoms with Gasteiger partial charge in [-0.3, -0.25) is 0 Å². The molecule has 0 fully saturated rings. The molecule has 4 heteroatoms. The highest BCUT2D eigenvalue weighted by Crippen LogP contribution is 2.34. The van der Waals surface area contributed by atoms with E-state index in [0.29, 0.717) is 13.2 Å². The number of hydrogen-bond donors (Lipinski definition) is 1. The average Bonchev–Trinajstić information content (AvgIpc) is 2.47. The van der Waals surface area contributed by atoms with E-state index in [9.17, 15) is 5.11 Å². The first-order valence-corrected chi connectivity index (χ1v) is 7.23. The Morgan fingerprint density at radius 2 is 2.20 bits per heavy atom. The fourth-order valence-corrected chi connectivity index (χ4v) is 2.63. The number of ether oxygens (including phenoxy) is 3. The van der Waals surface area contributed by atoms with Crippen LogP contribution in [0.3, 0.4) is 0 Å². The second kappa shape index (κ2) is 7.07. The zero-order valence-corrected chi connectivity index (χ0v) is 12.5. The number of hydrogen-bond acceptors (Lipinski definition) is 4. The largest absolute Gasteiger partial charge is 0.497 e. The van der Waals surface area contributed by atoms with Gasteiger partial charge in [-0.05, 0) is 49.9 Å². The van der Waals surface area contributed by atoms with Crippen LogP contribution in [0, 0.1) is 0 Å². The molecule has 3 atom stereocenters. The number of aliphatic hydroxyl groups is 1. The van der Waals surface area contributed by atoms with Gasteiger partial charge in [-0.2, -0.15) is 0 Å². The summed E-state index contributed by atoms with van der Waals surface area (Å²) < 4.78 is 16.5. The van der Waals surface area contributed by atoms with E-state index >= 15 is 0 Å². The topological polar surface area (TPSA) is 47.9 Å². The molecular weight excluding hydrogens is 256 g/mol. The van der Waals surface area contributed by atoms with Crippen LogP contribution in [0.1, 0.15) is 37.5 Å². The molecule has 3 unspecified atom stereocenters. The second-order valence-corrected chi connectivity index (χ2v) is 5.19. The fraction of sp³-hybridized carbons (Fsp3) is 0.625. The molecule has 0 saturated heterocycles. The summed E-state index contributed by atoms with van der Waals surface area (Å²) in [5, 5.41) is 10.5. The highest BCUT2D eigenvalue weighted by molar-refractivity contribution is 5.39. The molecule has 0 bridgehead atoms. The molecule has 0 aromatic heterocycles. The lowest BCUT2D eigenvalue weighted by molar-refractivity contribution is -0.101. The van der Waals surface area contributed by atoms with Gasteiger partial charge in [0.05, 0.1) is 25.9 Å². The molecule has 112 valence electrons. The molecule has 1 aliphatic carbocycles. The molecule has 0 heterocycles. The van der Waals surface area contributed by atoms with Gasteiger partial charge in [0.1, 0.15) is 11.9 Å². The van der Waals surface area contributed by atoms with Crippen LogP contribution in [-0.4, -0.2) is 37.6 Å². The summed E-state index contributed by atoms with van der Waals surface area (Å²) in [7, 11) is 1.66. The van der Waals surface area contributed by atoms with E-state index in [1.165, 1.54) is 0 Å². The molecule has 0 amide bonds. The van der Waals surface area contributed by atoms with Crippen LogP contribution in [0.25, 0.3) is 0 Å². The van der Waals surface area contributed by atoms with Crippen molar-refractivity contribution in [3.8, 4) is 5.75 Å². The second-order valence-electron chi connectivity index (χ2n) is 5.19. The molecule has 1 aromatic carbocycles. The van der Waals surface area contributed by atoms with E-state index in [2.05, 4.69) is 0 Å². The van der Waals surface area contributed by atoms with Crippen LogP contribution in [0.4, 0.5) is 0 Å². The summed E-state index contributed by atoms with van der Waals surface area (Å²) in [5.41, 5.74) is 2.10. The fourth-order valence-electron chi connectivity index (χ4n) is 2.63. The highest BCUT2D eigenvalue weighted by atomic mass is 16.5. The first kappa shape index (κ1) is 15.3. The van der Waals surface area contributed by atoms with Crippen molar-refractivity contribution >= 4 is 0 Å². The maximum atomic E-state index is 10.5. The molecular formula is C16H24O4. The van der Waals surface area contributed by atoms with E-state index < -0.39 is 6.10 Å². The molecule has 2 rings (SSSR count). The van der Waals surface area contributed by atoms with Crippen molar-refractivity contribution in [1.29, 1.82) is 0 Å². The summed E-state index contributed by atoms with van der Waals surface area (Å²) in [6.07, 6.45) is 0.974. The third kappa shape index (κ3) is 3.51. The lowest BCUT2D eigenvalue weighted by Crippen LogP contribution is -2.32. The molecule has 0 saturated carbocycles. The highest BCUT2D eigenvalue weighted by Gasteiger charge is 2.30. The van der Waals surface area contributed by atoms with Crippen LogP contribution >= 0.6 is 0 Å². The van der Waals surface area contributed by atoms with Gasteiger partial charge in [0, 0.05) is 6.61 Å². The number of aliphatic hydroxyl groups excluding tert-OH is 1. The summed E-state index contributed by atoms with van der Waals surface area (Å²) in [6.45, 7) is 5.19. The maximum Gasteiger partial charge on any atom is 0.119 e. The van der Waals surface area contributed by atoms with Gasteiger partial charge in [0.15, 0.2) is 0 Å². The SMILES string of the molecule is CCOCC(C)OC1CCc2cc(OC)ccc2C1O. The van der Waals surface area contributed by atoms with Crippen molar-refractivity contribution in [2.45, 2.75) is 45.0 Å². The lowest BCUT2D eigenvalue weighted by atomic mass is 9.87. The van der Waals surface area contributed by atoms with E-state index in [1.54, 1.807) is 7.11 Å². The van der Waals surface area contributed by atoms with E-state index in [4.69, 9.17) is 14.2 Å². The van der Waals surface area contributed by atoms with E-state index in [1.807, 2.05) is 32.0 Å². The Morgan fingerprint density at radius 1 is 1.40 bits per heavy atom. The van der Waals surface area contributed by atoms with Gasteiger partial charge >= 0.3 is 0 Å². The predicted octanol–water partition coefficient (Wildman–Crippen LogP) is 2.49. The van der Waals surface area contributed by atoms with Crippen molar-refractivity contribution in [3.05, 3.63) is 29.3 Å². The van der Waals surface area contributed by atoms with Crippen molar-refractivity contribution in [3.63, 3.8) is 0 Å². The normalized spacial score (nSPS) is 23.2. The zero-order valence-electron chi connectivity index (χ0n) is 12.5. The Kier molecular flexibility index (Phi) is 5.40. The van der Waals surface area contributed by atoms with Crippen molar-refractivity contribution in [2.75, 3.05) is 20.3 Å². The molecule has 0 aliphatic heterocycles. The molecule has 0 spiro atoms. The Bertz CT molecular complexity index is 432. The Balaban J connectivity index is 2.02. The third-order valence-electron chi connectivity index (χ3n) is 3.68. The smallest absolute Gasteiger partial charge is 0.119 e. The first-order chi connectivity index (χ1) is 9.65. The number of aryl methyl sites for hydroxylation is 1. The van der Waals surface area contributed by atoms with Crippen molar-refractivity contribution < 1.29 is 19.3 Å². The number of fused-ring (bicyclic) bond motifs is 1. The minimum Gasteiger partial charge on any atom is -0.497 e. The van der Waals surface area contributed by atoms with Gasteiger partial charge < -0.3 is 19.3 Å². The molecule has 1 aromatic rings. The minimum absolute atomic E-state index is 0.00519. The van der Waals surface area contributed by atoms with Crippen LogP contribution in [0.15, 0.2) is 18.2 Å². The number of methoxy groups -OCH3 is 1.